The Hall–Kier alpha value is -0.810. The maximum Gasteiger partial charge on any atom is 0.0997 e. The van der Waals surface area contributed by atoms with Gasteiger partial charge in [0.1, 0.15) is 0 Å². The Morgan fingerprint density at radius 3 is 2.52 bits per heavy atom. The number of rotatable bonds is 4. The molecule has 3 rings (SSSR count). The van der Waals surface area contributed by atoms with Gasteiger partial charge in [-0.3, -0.25) is 4.90 Å². The van der Waals surface area contributed by atoms with Crippen LogP contribution in [0.15, 0.2) is 23.2 Å². The van der Waals surface area contributed by atoms with E-state index in [1.54, 1.807) is 0 Å². The highest BCUT2D eigenvalue weighted by molar-refractivity contribution is 7.99. The lowest BCUT2D eigenvalue weighted by Crippen LogP contribution is -2.37. The van der Waals surface area contributed by atoms with E-state index >= 15 is 0 Å². The van der Waals surface area contributed by atoms with Gasteiger partial charge in [0.25, 0.3) is 0 Å². The summed E-state index contributed by atoms with van der Waals surface area (Å²) >= 11 is 1.88. The van der Waals surface area contributed by atoms with Crippen LogP contribution in [0.25, 0.3) is 10.9 Å². The molecule has 0 N–H and O–H groups in total. The van der Waals surface area contributed by atoms with Crippen molar-refractivity contribution in [2.75, 3.05) is 38.6 Å². The van der Waals surface area contributed by atoms with Crippen LogP contribution in [-0.2, 0) is 4.74 Å². The molecule has 1 aliphatic rings. The Morgan fingerprint density at radius 1 is 1.09 bits per heavy atom. The third-order valence-corrected chi connectivity index (χ3v) is 5.37. The number of hydrogen-bond acceptors (Lipinski definition) is 4. The number of nitrogens with zero attached hydrogens (tertiary/aromatic N) is 2. The maximum atomic E-state index is 5.40. The number of thioether (sulfide) groups is 1. The molecule has 126 valence electrons. The van der Waals surface area contributed by atoms with Crippen LogP contribution in [0.4, 0.5) is 0 Å². The van der Waals surface area contributed by atoms with Gasteiger partial charge in [-0.25, -0.2) is 4.98 Å². The van der Waals surface area contributed by atoms with E-state index in [0.29, 0.717) is 0 Å². The van der Waals surface area contributed by atoms with E-state index in [4.69, 9.17) is 9.72 Å². The smallest absolute Gasteiger partial charge is 0.0997 e. The van der Waals surface area contributed by atoms with Crippen LogP contribution < -0.4 is 0 Å². The van der Waals surface area contributed by atoms with E-state index in [2.05, 4.69) is 43.9 Å². The van der Waals surface area contributed by atoms with Crippen LogP contribution in [-0.4, -0.2) is 48.5 Å². The zero-order chi connectivity index (χ0) is 15.5. The van der Waals surface area contributed by atoms with Gasteiger partial charge in [0, 0.05) is 30.8 Å². The number of halogens is 1. The van der Waals surface area contributed by atoms with E-state index in [-0.39, 0.29) is 12.4 Å². The minimum absolute atomic E-state index is 0. The van der Waals surface area contributed by atoms with Crippen molar-refractivity contribution in [3.05, 3.63) is 34.9 Å². The molecular formula is C18H25ClN2OS. The average molecular weight is 353 g/mol. The molecule has 0 bridgehead atoms. The highest BCUT2D eigenvalue weighted by Gasteiger charge is 2.11. The summed E-state index contributed by atoms with van der Waals surface area (Å²) in [6, 6.07) is 6.65. The number of morpholine rings is 1. The minimum Gasteiger partial charge on any atom is -0.379 e. The summed E-state index contributed by atoms with van der Waals surface area (Å²) in [6.07, 6.45) is 0. The third-order valence-electron chi connectivity index (χ3n) is 4.30. The Bertz CT molecular complexity index is 672. The SMILES string of the molecule is Cc1cc2c(C)ccc(C)c2nc1SCCN1CCOCC1.Cl. The highest BCUT2D eigenvalue weighted by Crippen LogP contribution is 2.28. The van der Waals surface area contributed by atoms with Crippen molar-refractivity contribution < 1.29 is 4.74 Å². The molecule has 0 amide bonds. The molecule has 0 spiro atoms. The summed E-state index contributed by atoms with van der Waals surface area (Å²) in [4.78, 5) is 7.41. The molecular weight excluding hydrogens is 328 g/mol. The summed E-state index contributed by atoms with van der Waals surface area (Å²) in [7, 11) is 0. The Balaban J connectivity index is 0.00000192. The lowest BCUT2D eigenvalue weighted by Gasteiger charge is -2.26. The van der Waals surface area contributed by atoms with Gasteiger partial charge in [-0.15, -0.1) is 24.2 Å². The summed E-state index contributed by atoms with van der Waals surface area (Å²) in [5.41, 5.74) is 5.00. The Labute approximate surface area is 149 Å². The van der Waals surface area contributed by atoms with Gasteiger partial charge in [-0.2, -0.15) is 0 Å². The summed E-state index contributed by atoms with van der Waals surface area (Å²) in [6.45, 7) is 11.4. The predicted octanol–water partition coefficient (Wildman–Crippen LogP) is 4.01. The van der Waals surface area contributed by atoms with Gasteiger partial charge >= 0.3 is 0 Å². The zero-order valence-corrected chi connectivity index (χ0v) is 15.7. The molecule has 0 aliphatic carbocycles. The normalized spacial score (nSPS) is 15.6. The monoisotopic (exact) mass is 352 g/mol. The second-order valence-corrected chi connectivity index (χ2v) is 7.09. The fraction of sp³-hybridized carbons (Fsp3) is 0.500. The van der Waals surface area contributed by atoms with Crippen LogP contribution >= 0.6 is 24.2 Å². The first-order chi connectivity index (χ1) is 10.6. The van der Waals surface area contributed by atoms with Crippen molar-refractivity contribution in [3.63, 3.8) is 0 Å². The molecule has 0 unspecified atom stereocenters. The molecule has 0 saturated carbocycles. The first-order valence-corrected chi connectivity index (χ1v) is 8.94. The van der Waals surface area contributed by atoms with Gasteiger partial charge in [-0.1, -0.05) is 12.1 Å². The molecule has 1 aliphatic heterocycles. The molecule has 1 fully saturated rings. The fourth-order valence-electron chi connectivity index (χ4n) is 2.86. The largest absolute Gasteiger partial charge is 0.379 e. The van der Waals surface area contributed by atoms with Crippen molar-refractivity contribution in [1.29, 1.82) is 0 Å². The number of pyridine rings is 1. The van der Waals surface area contributed by atoms with Gasteiger partial charge in [-0.05, 0) is 43.5 Å². The summed E-state index contributed by atoms with van der Waals surface area (Å²) < 4.78 is 5.40. The maximum absolute atomic E-state index is 5.40. The predicted molar refractivity (Wildman–Crippen MR) is 101 cm³/mol. The van der Waals surface area contributed by atoms with Crippen molar-refractivity contribution in [2.24, 2.45) is 0 Å². The summed E-state index contributed by atoms with van der Waals surface area (Å²) in [5, 5.41) is 2.46. The third kappa shape index (κ3) is 4.38. The molecule has 23 heavy (non-hydrogen) atoms. The van der Waals surface area contributed by atoms with Crippen molar-refractivity contribution in [3.8, 4) is 0 Å². The lowest BCUT2D eigenvalue weighted by molar-refractivity contribution is 0.0410. The molecule has 5 heteroatoms. The number of fused-ring (bicyclic) bond motifs is 1. The molecule has 1 aromatic carbocycles. The van der Waals surface area contributed by atoms with Crippen LogP contribution in [0.5, 0.6) is 0 Å². The van der Waals surface area contributed by atoms with E-state index < -0.39 is 0 Å². The Kier molecular flexibility index (Phi) is 6.72. The molecule has 2 aromatic rings. The number of aryl methyl sites for hydroxylation is 3. The number of benzene rings is 1. The number of hydrogen-bond donors (Lipinski definition) is 0. The van der Waals surface area contributed by atoms with Crippen LogP contribution in [0, 0.1) is 20.8 Å². The van der Waals surface area contributed by atoms with E-state index in [1.807, 2.05) is 11.8 Å². The van der Waals surface area contributed by atoms with Crippen LogP contribution in [0.1, 0.15) is 16.7 Å². The van der Waals surface area contributed by atoms with E-state index in [1.165, 1.54) is 27.1 Å². The molecule has 3 nitrogen and oxygen atoms in total. The first-order valence-electron chi connectivity index (χ1n) is 7.95. The molecule has 0 radical (unpaired) electrons. The van der Waals surface area contributed by atoms with E-state index in [9.17, 15) is 0 Å². The lowest BCUT2D eigenvalue weighted by atomic mass is 10.0. The van der Waals surface area contributed by atoms with Crippen molar-refractivity contribution in [2.45, 2.75) is 25.8 Å². The molecule has 0 atom stereocenters. The molecule has 1 saturated heterocycles. The standard InChI is InChI=1S/C18H24N2OS.ClH/c1-13-4-5-14(2)17-16(13)12-15(3)18(19-17)22-11-8-20-6-9-21-10-7-20;/h4-5,12H,6-11H2,1-3H3;1H. The van der Waals surface area contributed by atoms with Crippen molar-refractivity contribution in [1.82, 2.24) is 9.88 Å². The summed E-state index contributed by atoms with van der Waals surface area (Å²) in [5.74, 6) is 1.09. The first kappa shape index (κ1) is 18.5. The average Bonchev–Trinajstić information content (AvgIpc) is 2.53. The minimum atomic E-state index is 0. The molecule has 2 heterocycles. The fourth-order valence-corrected chi connectivity index (χ4v) is 3.84. The van der Waals surface area contributed by atoms with Crippen LogP contribution in [0.3, 0.4) is 0 Å². The molecule has 1 aromatic heterocycles. The second-order valence-electron chi connectivity index (χ2n) is 6.01. The topological polar surface area (TPSA) is 25.4 Å². The second kappa shape index (κ2) is 8.34. The van der Waals surface area contributed by atoms with Gasteiger partial charge in [0.15, 0.2) is 0 Å². The highest BCUT2D eigenvalue weighted by atomic mass is 35.5. The number of aromatic nitrogens is 1. The van der Waals surface area contributed by atoms with E-state index in [0.717, 1.165) is 44.1 Å². The quantitative estimate of drug-likeness (QED) is 0.776. The van der Waals surface area contributed by atoms with Gasteiger partial charge in [0.2, 0.25) is 0 Å². The number of ether oxygens (including phenoxy) is 1. The van der Waals surface area contributed by atoms with Gasteiger partial charge < -0.3 is 4.74 Å². The van der Waals surface area contributed by atoms with Crippen molar-refractivity contribution >= 4 is 35.1 Å². The zero-order valence-electron chi connectivity index (χ0n) is 14.1. The van der Waals surface area contributed by atoms with Gasteiger partial charge in [0.05, 0.1) is 23.8 Å². The van der Waals surface area contributed by atoms with Crippen LogP contribution in [0.2, 0.25) is 0 Å². The Morgan fingerprint density at radius 2 is 1.78 bits per heavy atom.